The van der Waals surface area contributed by atoms with Crippen LogP contribution in [0.5, 0.6) is 0 Å². The van der Waals surface area contributed by atoms with E-state index < -0.39 is 5.97 Å². The summed E-state index contributed by atoms with van der Waals surface area (Å²) >= 11 is 0. The van der Waals surface area contributed by atoms with Crippen molar-refractivity contribution < 1.29 is 9.90 Å². The minimum Gasteiger partial charge on any atom is -0.478 e. The van der Waals surface area contributed by atoms with Gasteiger partial charge in [0.1, 0.15) is 0 Å². The van der Waals surface area contributed by atoms with Gasteiger partial charge in [0.15, 0.2) is 5.82 Å². The number of hydrogen-bond donors (Lipinski definition) is 1. The fraction of sp³-hybridized carbons (Fsp3) is 0.400. The summed E-state index contributed by atoms with van der Waals surface area (Å²) in [5.74, 6) is -0.197. The van der Waals surface area contributed by atoms with Gasteiger partial charge in [-0.15, -0.1) is 0 Å². The maximum absolute atomic E-state index is 10.8. The molecule has 2 aromatic heterocycles. The monoisotopic (exact) mass is 288 g/mol. The number of carbonyl (C=O) groups is 1. The summed E-state index contributed by atoms with van der Waals surface area (Å²) in [6, 6.07) is 0. The highest BCUT2D eigenvalue weighted by molar-refractivity contribution is 5.86. The molecular formula is C15H20N4O2. The number of hydrogen-bond acceptors (Lipinski definition) is 3. The van der Waals surface area contributed by atoms with Gasteiger partial charge in [0, 0.05) is 24.4 Å². The van der Waals surface area contributed by atoms with E-state index in [-0.39, 0.29) is 0 Å². The Bertz CT molecular complexity index is 723. The lowest BCUT2D eigenvalue weighted by atomic mass is 10.1. The van der Waals surface area contributed by atoms with Crippen molar-refractivity contribution in [3.05, 3.63) is 34.3 Å². The van der Waals surface area contributed by atoms with Crippen LogP contribution < -0.4 is 0 Å². The largest absolute Gasteiger partial charge is 0.478 e. The summed E-state index contributed by atoms with van der Waals surface area (Å²) in [6.45, 7) is 7.96. The van der Waals surface area contributed by atoms with Gasteiger partial charge in [0.25, 0.3) is 0 Å². The van der Waals surface area contributed by atoms with Crippen LogP contribution in [0.25, 0.3) is 11.9 Å². The first kappa shape index (κ1) is 15.0. The van der Waals surface area contributed by atoms with Crippen LogP contribution >= 0.6 is 0 Å². The van der Waals surface area contributed by atoms with Crippen molar-refractivity contribution in [1.29, 1.82) is 0 Å². The third-order valence-electron chi connectivity index (χ3n) is 3.63. The number of nitrogens with zero attached hydrogens (tertiary/aromatic N) is 4. The Morgan fingerprint density at radius 1 is 1.24 bits per heavy atom. The Hall–Kier alpha value is -2.37. The number of carboxylic acid groups (broad SMARTS) is 1. The van der Waals surface area contributed by atoms with Gasteiger partial charge in [-0.05, 0) is 38.8 Å². The van der Waals surface area contributed by atoms with E-state index in [4.69, 9.17) is 5.11 Å². The fourth-order valence-corrected chi connectivity index (χ4v) is 2.66. The Balaban J connectivity index is 2.67. The van der Waals surface area contributed by atoms with Gasteiger partial charge in [-0.2, -0.15) is 10.2 Å². The summed E-state index contributed by atoms with van der Waals surface area (Å²) in [5.41, 5.74) is 4.80. The molecule has 0 spiro atoms. The molecule has 0 aromatic carbocycles. The molecule has 0 atom stereocenters. The zero-order chi connectivity index (χ0) is 15.7. The smallest absolute Gasteiger partial charge is 0.328 e. The van der Waals surface area contributed by atoms with E-state index in [1.807, 2.05) is 32.5 Å². The first-order valence-electron chi connectivity index (χ1n) is 6.86. The molecule has 0 unspecified atom stereocenters. The zero-order valence-corrected chi connectivity index (χ0v) is 13.0. The third kappa shape index (κ3) is 2.61. The van der Waals surface area contributed by atoms with Gasteiger partial charge in [0.05, 0.1) is 11.4 Å². The van der Waals surface area contributed by atoms with Crippen LogP contribution in [-0.2, 0) is 18.3 Å². The molecule has 0 aliphatic rings. The van der Waals surface area contributed by atoms with E-state index >= 15 is 0 Å². The molecule has 21 heavy (non-hydrogen) atoms. The Morgan fingerprint density at radius 3 is 2.43 bits per heavy atom. The predicted octanol–water partition coefficient (Wildman–Crippen LogP) is 2.19. The van der Waals surface area contributed by atoms with Crippen LogP contribution in [-0.4, -0.2) is 30.6 Å². The normalized spacial score (nSPS) is 11.5. The van der Waals surface area contributed by atoms with Crippen molar-refractivity contribution in [2.24, 2.45) is 7.05 Å². The summed E-state index contributed by atoms with van der Waals surface area (Å²) in [7, 11) is 1.84. The molecule has 2 aromatic rings. The summed E-state index contributed by atoms with van der Waals surface area (Å²) in [5, 5.41) is 17.8. The van der Waals surface area contributed by atoms with Crippen LogP contribution in [0.1, 0.15) is 35.1 Å². The average Bonchev–Trinajstić information content (AvgIpc) is 2.83. The van der Waals surface area contributed by atoms with Crippen LogP contribution in [0.15, 0.2) is 6.08 Å². The molecule has 0 aliphatic carbocycles. The molecule has 2 heterocycles. The topological polar surface area (TPSA) is 72.9 Å². The molecule has 6 heteroatoms. The molecule has 0 amide bonds. The molecule has 0 bridgehead atoms. The van der Waals surface area contributed by atoms with Gasteiger partial charge >= 0.3 is 5.97 Å². The van der Waals surface area contributed by atoms with E-state index in [9.17, 15) is 4.79 Å². The second kappa shape index (κ2) is 5.55. The van der Waals surface area contributed by atoms with Crippen molar-refractivity contribution in [3.8, 4) is 5.82 Å². The van der Waals surface area contributed by atoms with Crippen LogP contribution in [0.2, 0.25) is 0 Å². The lowest BCUT2D eigenvalue weighted by Crippen LogP contribution is -2.08. The second-order valence-corrected chi connectivity index (χ2v) is 5.03. The van der Waals surface area contributed by atoms with E-state index in [1.165, 1.54) is 5.56 Å². The van der Waals surface area contributed by atoms with Gasteiger partial charge in [-0.25, -0.2) is 9.48 Å². The number of aryl methyl sites for hydroxylation is 3. The first-order chi connectivity index (χ1) is 9.86. The standard InChI is InChI=1S/C15H20N4O2/c1-6-12-9(2)17-19(11(12)4)15-13(7-8-14(20)21)10(3)16-18(15)5/h7-8H,6H2,1-5H3,(H,20,21). The van der Waals surface area contributed by atoms with E-state index in [0.29, 0.717) is 0 Å². The maximum Gasteiger partial charge on any atom is 0.328 e. The molecule has 0 saturated heterocycles. The van der Waals surface area contributed by atoms with Gasteiger partial charge < -0.3 is 5.11 Å². The number of carboxylic acids is 1. The van der Waals surface area contributed by atoms with Crippen molar-refractivity contribution in [2.75, 3.05) is 0 Å². The molecule has 2 rings (SSSR count). The molecule has 6 nitrogen and oxygen atoms in total. The SMILES string of the molecule is CCc1c(C)nn(-c2c(C=CC(=O)O)c(C)nn2C)c1C. The number of aliphatic carboxylic acids is 1. The highest BCUT2D eigenvalue weighted by Crippen LogP contribution is 2.23. The fourth-order valence-electron chi connectivity index (χ4n) is 2.66. The Labute approximate surface area is 123 Å². The first-order valence-corrected chi connectivity index (χ1v) is 6.86. The molecular weight excluding hydrogens is 268 g/mol. The summed E-state index contributed by atoms with van der Waals surface area (Å²) in [4.78, 5) is 10.8. The highest BCUT2D eigenvalue weighted by Gasteiger charge is 2.18. The average molecular weight is 288 g/mol. The van der Waals surface area contributed by atoms with E-state index in [2.05, 4.69) is 17.1 Å². The van der Waals surface area contributed by atoms with E-state index in [0.717, 1.165) is 41.0 Å². The zero-order valence-electron chi connectivity index (χ0n) is 13.0. The van der Waals surface area contributed by atoms with Gasteiger partial charge in [-0.1, -0.05) is 6.92 Å². The molecule has 112 valence electrons. The maximum atomic E-state index is 10.8. The molecule has 0 saturated carbocycles. The number of aromatic nitrogens is 4. The summed E-state index contributed by atoms with van der Waals surface area (Å²) in [6.07, 6.45) is 3.61. The van der Waals surface area contributed by atoms with Crippen molar-refractivity contribution >= 4 is 12.0 Å². The van der Waals surface area contributed by atoms with Gasteiger partial charge in [0.2, 0.25) is 0 Å². The Kier molecular flexibility index (Phi) is 3.97. The number of rotatable bonds is 4. The lowest BCUT2D eigenvalue weighted by Gasteiger charge is -2.07. The predicted molar refractivity (Wildman–Crippen MR) is 80.6 cm³/mol. The van der Waals surface area contributed by atoms with Crippen LogP contribution in [0.4, 0.5) is 0 Å². The van der Waals surface area contributed by atoms with Crippen molar-refractivity contribution in [2.45, 2.75) is 34.1 Å². The molecule has 0 fully saturated rings. The summed E-state index contributed by atoms with van der Waals surface area (Å²) < 4.78 is 3.57. The van der Waals surface area contributed by atoms with Crippen molar-refractivity contribution in [3.63, 3.8) is 0 Å². The lowest BCUT2D eigenvalue weighted by molar-refractivity contribution is -0.131. The molecule has 0 radical (unpaired) electrons. The Morgan fingerprint density at radius 2 is 1.90 bits per heavy atom. The highest BCUT2D eigenvalue weighted by atomic mass is 16.4. The molecule has 1 N–H and O–H groups in total. The minimum atomic E-state index is -0.980. The van der Waals surface area contributed by atoms with Crippen molar-refractivity contribution in [1.82, 2.24) is 19.6 Å². The quantitative estimate of drug-likeness (QED) is 0.875. The van der Waals surface area contributed by atoms with Gasteiger partial charge in [-0.3, -0.25) is 4.68 Å². The second-order valence-electron chi connectivity index (χ2n) is 5.03. The minimum absolute atomic E-state index is 0.771. The van der Waals surface area contributed by atoms with E-state index in [1.54, 1.807) is 10.8 Å². The third-order valence-corrected chi connectivity index (χ3v) is 3.63. The molecule has 0 aliphatic heterocycles. The van der Waals surface area contributed by atoms with Crippen LogP contribution in [0.3, 0.4) is 0 Å². The van der Waals surface area contributed by atoms with Crippen LogP contribution in [0, 0.1) is 20.8 Å².